The van der Waals surface area contributed by atoms with E-state index >= 15 is 0 Å². The number of ether oxygens (including phenoxy) is 2. The molecule has 4 nitrogen and oxygen atoms in total. The molecule has 1 amide bonds. The lowest BCUT2D eigenvalue weighted by Gasteiger charge is -2.08. The Kier molecular flexibility index (Phi) is 5.48. The van der Waals surface area contributed by atoms with Crippen molar-refractivity contribution in [3.8, 4) is 17.2 Å². The number of benzene rings is 2. The van der Waals surface area contributed by atoms with Crippen LogP contribution < -0.4 is 14.8 Å². The maximum atomic E-state index is 11.8. The first-order valence-corrected chi connectivity index (χ1v) is 8.42. The molecule has 0 saturated heterocycles. The van der Waals surface area contributed by atoms with Crippen molar-refractivity contribution < 1.29 is 14.3 Å². The van der Waals surface area contributed by atoms with Crippen molar-refractivity contribution in [1.29, 1.82) is 0 Å². The number of nitrogens with one attached hydrogen (secondary N) is 1. The van der Waals surface area contributed by atoms with Crippen LogP contribution in [0.5, 0.6) is 17.2 Å². The van der Waals surface area contributed by atoms with E-state index in [4.69, 9.17) is 9.47 Å². The Bertz CT molecular complexity index is 755. The van der Waals surface area contributed by atoms with Crippen molar-refractivity contribution >= 4 is 17.2 Å². The van der Waals surface area contributed by atoms with Crippen LogP contribution in [0.4, 0.5) is 0 Å². The molecule has 0 radical (unpaired) electrons. The largest absolute Gasteiger partial charge is 0.484 e. The molecule has 122 valence electrons. The van der Waals surface area contributed by atoms with Gasteiger partial charge in [0.1, 0.15) is 17.2 Å². The van der Waals surface area contributed by atoms with Crippen LogP contribution in [-0.4, -0.2) is 12.5 Å². The summed E-state index contributed by atoms with van der Waals surface area (Å²) in [4.78, 5) is 12.9. The molecule has 2 aromatic carbocycles. The Labute approximate surface area is 144 Å². The molecule has 3 rings (SSSR count). The van der Waals surface area contributed by atoms with E-state index in [-0.39, 0.29) is 12.5 Å². The second kappa shape index (κ2) is 8.17. The maximum Gasteiger partial charge on any atom is 0.258 e. The summed E-state index contributed by atoms with van der Waals surface area (Å²) in [5, 5.41) is 4.80. The maximum absolute atomic E-state index is 11.8. The molecule has 0 bridgehead atoms. The summed E-state index contributed by atoms with van der Waals surface area (Å²) in [6.45, 7) is 0.522. The van der Waals surface area contributed by atoms with Crippen molar-refractivity contribution in [2.45, 2.75) is 6.54 Å². The number of rotatable bonds is 7. The predicted octanol–water partition coefficient (Wildman–Crippen LogP) is 4.24. The van der Waals surface area contributed by atoms with Gasteiger partial charge in [0.2, 0.25) is 0 Å². The average Bonchev–Trinajstić information content (AvgIpc) is 3.14. The molecule has 0 aliphatic rings. The van der Waals surface area contributed by atoms with E-state index in [0.29, 0.717) is 12.3 Å². The first-order chi connectivity index (χ1) is 11.8. The lowest BCUT2D eigenvalue weighted by Crippen LogP contribution is -2.28. The number of thiophene rings is 1. The van der Waals surface area contributed by atoms with Gasteiger partial charge in [-0.15, -0.1) is 11.3 Å². The smallest absolute Gasteiger partial charge is 0.258 e. The normalized spacial score (nSPS) is 10.2. The van der Waals surface area contributed by atoms with Crippen LogP contribution in [0.3, 0.4) is 0 Å². The van der Waals surface area contributed by atoms with Crippen LogP contribution in [0, 0.1) is 0 Å². The van der Waals surface area contributed by atoms with Crippen molar-refractivity contribution in [3.05, 3.63) is 77.0 Å². The molecule has 1 N–H and O–H groups in total. The molecule has 0 saturated carbocycles. The van der Waals surface area contributed by atoms with Crippen LogP contribution in [0.15, 0.2) is 72.1 Å². The third kappa shape index (κ3) is 4.86. The highest BCUT2D eigenvalue weighted by molar-refractivity contribution is 7.09. The second-order valence-corrected chi connectivity index (χ2v) is 6.06. The third-order valence-electron chi connectivity index (χ3n) is 3.21. The summed E-state index contributed by atoms with van der Waals surface area (Å²) in [6.07, 6.45) is 0. The number of carbonyl (C=O) groups excluding carboxylic acids is 1. The highest BCUT2D eigenvalue weighted by Gasteiger charge is 2.04. The van der Waals surface area contributed by atoms with Gasteiger partial charge in [0.25, 0.3) is 5.91 Å². The van der Waals surface area contributed by atoms with E-state index in [9.17, 15) is 4.79 Å². The molecular weight excluding hydrogens is 322 g/mol. The zero-order valence-corrected chi connectivity index (χ0v) is 13.8. The van der Waals surface area contributed by atoms with Crippen LogP contribution in [0.25, 0.3) is 0 Å². The summed E-state index contributed by atoms with van der Waals surface area (Å²) in [6, 6.07) is 20.7. The van der Waals surface area contributed by atoms with Gasteiger partial charge >= 0.3 is 0 Å². The minimum atomic E-state index is -0.145. The monoisotopic (exact) mass is 339 g/mol. The van der Waals surface area contributed by atoms with Gasteiger partial charge in [-0.05, 0) is 47.8 Å². The van der Waals surface area contributed by atoms with Gasteiger partial charge in [-0.1, -0.05) is 24.3 Å². The molecular formula is C19H17NO3S. The molecule has 0 fully saturated rings. The number of hydrogen-bond acceptors (Lipinski definition) is 4. The molecule has 0 spiro atoms. The molecule has 24 heavy (non-hydrogen) atoms. The third-order valence-corrected chi connectivity index (χ3v) is 4.09. The van der Waals surface area contributed by atoms with Gasteiger partial charge in [-0.25, -0.2) is 0 Å². The van der Waals surface area contributed by atoms with E-state index in [1.807, 2.05) is 60.0 Å². The molecule has 1 aromatic heterocycles. The lowest BCUT2D eigenvalue weighted by atomic mass is 10.3. The quantitative estimate of drug-likeness (QED) is 0.700. The first-order valence-electron chi connectivity index (χ1n) is 7.54. The standard InChI is InChI=1S/C19H17NO3S/c21-19(20-13-18-7-4-12-24-18)14-22-15-8-10-17(11-9-15)23-16-5-2-1-3-6-16/h1-12H,13-14H2,(H,20,21). The summed E-state index contributed by atoms with van der Waals surface area (Å²) >= 11 is 1.61. The average molecular weight is 339 g/mol. The van der Waals surface area contributed by atoms with Gasteiger partial charge in [0.15, 0.2) is 6.61 Å². The highest BCUT2D eigenvalue weighted by Crippen LogP contribution is 2.23. The Morgan fingerprint density at radius 3 is 2.29 bits per heavy atom. The van der Waals surface area contributed by atoms with E-state index in [2.05, 4.69) is 5.32 Å². The van der Waals surface area contributed by atoms with Gasteiger partial charge in [0.05, 0.1) is 6.54 Å². The summed E-state index contributed by atoms with van der Waals surface area (Å²) in [5.41, 5.74) is 0. The second-order valence-electron chi connectivity index (χ2n) is 5.03. The SMILES string of the molecule is O=C(COc1ccc(Oc2ccccc2)cc1)NCc1cccs1. The van der Waals surface area contributed by atoms with Gasteiger partial charge in [0, 0.05) is 4.88 Å². The van der Waals surface area contributed by atoms with Crippen molar-refractivity contribution in [2.24, 2.45) is 0 Å². The Balaban J connectivity index is 1.45. The van der Waals surface area contributed by atoms with Gasteiger partial charge in [-0.2, -0.15) is 0 Å². The fourth-order valence-electron chi connectivity index (χ4n) is 2.03. The number of amides is 1. The van der Waals surface area contributed by atoms with Gasteiger partial charge in [-0.3, -0.25) is 4.79 Å². The predicted molar refractivity (Wildman–Crippen MR) is 94.6 cm³/mol. The number of carbonyl (C=O) groups is 1. The minimum absolute atomic E-state index is 0.00966. The molecule has 1 heterocycles. The zero-order chi connectivity index (χ0) is 16.6. The van der Waals surface area contributed by atoms with E-state index < -0.39 is 0 Å². The van der Waals surface area contributed by atoms with E-state index in [0.717, 1.165) is 16.4 Å². The molecule has 5 heteroatoms. The number of hydrogen-bond donors (Lipinski definition) is 1. The molecule has 0 aliphatic heterocycles. The number of para-hydroxylation sites is 1. The highest BCUT2D eigenvalue weighted by atomic mass is 32.1. The molecule has 0 atom stereocenters. The summed E-state index contributed by atoms with van der Waals surface area (Å²) < 4.78 is 11.2. The van der Waals surface area contributed by atoms with Crippen LogP contribution >= 0.6 is 11.3 Å². The fourth-order valence-corrected chi connectivity index (χ4v) is 2.67. The minimum Gasteiger partial charge on any atom is -0.484 e. The molecule has 0 aliphatic carbocycles. The van der Waals surface area contributed by atoms with Gasteiger partial charge < -0.3 is 14.8 Å². The summed E-state index contributed by atoms with van der Waals surface area (Å²) in [5.74, 6) is 1.98. The fraction of sp³-hybridized carbons (Fsp3) is 0.105. The first kappa shape index (κ1) is 16.1. The van der Waals surface area contributed by atoms with Crippen molar-refractivity contribution in [2.75, 3.05) is 6.61 Å². The Hall–Kier alpha value is -2.79. The van der Waals surface area contributed by atoms with E-state index in [1.54, 1.807) is 23.5 Å². The topological polar surface area (TPSA) is 47.6 Å². The Morgan fingerprint density at radius 1 is 0.875 bits per heavy atom. The molecule has 3 aromatic rings. The van der Waals surface area contributed by atoms with Crippen LogP contribution in [-0.2, 0) is 11.3 Å². The lowest BCUT2D eigenvalue weighted by molar-refractivity contribution is -0.123. The van der Waals surface area contributed by atoms with Crippen molar-refractivity contribution in [1.82, 2.24) is 5.32 Å². The van der Waals surface area contributed by atoms with E-state index in [1.165, 1.54) is 0 Å². The summed E-state index contributed by atoms with van der Waals surface area (Å²) in [7, 11) is 0. The zero-order valence-electron chi connectivity index (χ0n) is 13.0. The molecule has 0 unspecified atom stereocenters. The Morgan fingerprint density at radius 2 is 1.58 bits per heavy atom. The van der Waals surface area contributed by atoms with Crippen molar-refractivity contribution in [3.63, 3.8) is 0 Å². The van der Waals surface area contributed by atoms with Crippen LogP contribution in [0.1, 0.15) is 4.88 Å². The van der Waals surface area contributed by atoms with Crippen LogP contribution in [0.2, 0.25) is 0 Å².